The average Bonchev–Trinajstić information content (AvgIpc) is 2.97. The number of aryl methyl sites for hydroxylation is 1. The first kappa shape index (κ1) is 16.9. The van der Waals surface area contributed by atoms with Crippen LogP contribution in [0.5, 0.6) is 0 Å². The molecule has 0 radical (unpaired) electrons. The molecule has 1 aromatic carbocycles. The molecule has 2 aromatic rings. The van der Waals surface area contributed by atoms with Crippen LogP contribution in [0.1, 0.15) is 37.7 Å². The van der Waals surface area contributed by atoms with Crippen LogP contribution in [0.25, 0.3) is 0 Å². The lowest BCUT2D eigenvalue weighted by molar-refractivity contribution is 0.197. The Morgan fingerprint density at radius 3 is 2.64 bits per heavy atom. The summed E-state index contributed by atoms with van der Waals surface area (Å²) in [5.74, 6) is 0.995. The maximum absolute atomic E-state index is 6.38. The molecule has 4 nitrogen and oxygen atoms in total. The summed E-state index contributed by atoms with van der Waals surface area (Å²) < 4.78 is 0. The second-order valence-corrected chi connectivity index (χ2v) is 8.57. The Labute approximate surface area is 154 Å². The van der Waals surface area contributed by atoms with E-state index in [1.54, 1.807) is 11.8 Å². The van der Waals surface area contributed by atoms with E-state index in [1.807, 2.05) is 12.4 Å². The van der Waals surface area contributed by atoms with Gasteiger partial charge in [-0.15, -0.1) is 0 Å². The second kappa shape index (κ2) is 6.96. The highest BCUT2D eigenvalue weighted by atomic mass is 32.2. The van der Waals surface area contributed by atoms with Crippen molar-refractivity contribution in [2.75, 3.05) is 18.0 Å². The van der Waals surface area contributed by atoms with Crippen molar-refractivity contribution in [2.24, 2.45) is 11.1 Å². The molecule has 2 heterocycles. The molecule has 1 aliphatic heterocycles. The zero-order valence-corrected chi connectivity index (χ0v) is 15.6. The third-order valence-electron chi connectivity index (χ3n) is 5.89. The second-order valence-electron chi connectivity index (χ2n) is 7.48. The van der Waals surface area contributed by atoms with Gasteiger partial charge in [0.1, 0.15) is 10.8 Å². The van der Waals surface area contributed by atoms with Crippen molar-refractivity contribution in [1.29, 1.82) is 0 Å². The topological polar surface area (TPSA) is 55.0 Å². The number of hydrogen-bond acceptors (Lipinski definition) is 5. The van der Waals surface area contributed by atoms with Crippen molar-refractivity contribution in [1.82, 2.24) is 9.97 Å². The van der Waals surface area contributed by atoms with Crippen LogP contribution in [0.15, 0.2) is 46.6 Å². The predicted octanol–water partition coefficient (Wildman–Crippen LogP) is 4.03. The summed E-state index contributed by atoms with van der Waals surface area (Å²) in [6.45, 7) is 4.21. The Morgan fingerprint density at radius 1 is 1.16 bits per heavy atom. The van der Waals surface area contributed by atoms with Gasteiger partial charge in [0.15, 0.2) is 0 Å². The van der Waals surface area contributed by atoms with Gasteiger partial charge in [0.25, 0.3) is 0 Å². The fourth-order valence-corrected chi connectivity index (χ4v) is 5.14. The molecule has 0 bridgehead atoms. The Bertz CT molecular complexity index is 723. The first-order chi connectivity index (χ1) is 12.1. The van der Waals surface area contributed by atoms with Gasteiger partial charge in [-0.25, -0.2) is 9.97 Å². The maximum Gasteiger partial charge on any atom is 0.147 e. The predicted molar refractivity (Wildman–Crippen MR) is 103 cm³/mol. The van der Waals surface area contributed by atoms with Crippen LogP contribution in [0.4, 0.5) is 5.82 Å². The standard InChI is InChI=1S/C20H26N4S/c1-15-4-2-5-16(12-15)25-19-14-22-18(13-23-19)24-10-8-20(9-11-24)7-3-6-17(20)21/h2,4-5,12-14,17H,3,6-11,21H2,1H3/t17-/m0/s1. The van der Waals surface area contributed by atoms with E-state index < -0.39 is 0 Å². The summed E-state index contributed by atoms with van der Waals surface area (Å²) in [5.41, 5.74) is 8.04. The summed E-state index contributed by atoms with van der Waals surface area (Å²) >= 11 is 1.66. The van der Waals surface area contributed by atoms with Gasteiger partial charge in [-0.2, -0.15) is 0 Å². The molecule has 2 fully saturated rings. The molecule has 0 amide bonds. The SMILES string of the molecule is Cc1cccc(Sc2cnc(N3CCC4(CCC[C@@H]4N)CC3)cn2)c1. The van der Waals surface area contributed by atoms with E-state index in [4.69, 9.17) is 5.73 Å². The van der Waals surface area contributed by atoms with Crippen LogP contribution < -0.4 is 10.6 Å². The normalized spacial score (nSPS) is 22.5. The molecule has 1 atom stereocenters. The van der Waals surface area contributed by atoms with Crippen LogP contribution >= 0.6 is 11.8 Å². The summed E-state index contributed by atoms with van der Waals surface area (Å²) in [6.07, 6.45) is 10.0. The number of nitrogens with zero attached hydrogens (tertiary/aromatic N) is 3. The van der Waals surface area contributed by atoms with Crippen molar-refractivity contribution < 1.29 is 0 Å². The van der Waals surface area contributed by atoms with E-state index in [1.165, 1.54) is 42.6 Å². The van der Waals surface area contributed by atoms with Crippen LogP contribution in [0, 0.1) is 12.3 Å². The van der Waals surface area contributed by atoms with Crippen molar-refractivity contribution in [3.05, 3.63) is 42.2 Å². The molecule has 1 spiro atoms. The van der Waals surface area contributed by atoms with E-state index in [-0.39, 0.29) is 0 Å². The van der Waals surface area contributed by atoms with Crippen LogP contribution in [0.3, 0.4) is 0 Å². The zero-order valence-electron chi connectivity index (χ0n) is 14.8. The molecule has 2 N–H and O–H groups in total. The van der Waals surface area contributed by atoms with Gasteiger partial charge in [-0.1, -0.05) is 35.9 Å². The van der Waals surface area contributed by atoms with Gasteiger partial charge in [-0.3, -0.25) is 0 Å². The Kier molecular flexibility index (Phi) is 4.69. The lowest BCUT2D eigenvalue weighted by Gasteiger charge is -2.42. The van der Waals surface area contributed by atoms with Gasteiger partial charge in [0, 0.05) is 24.0 Å². The Balaban J connectivity index is 1.39. The average molecular weight is 355 g/mol. The van der Waals surface area contributed by atoms with Crippen molar-refractivity contribution in [3.8, 4) is 0 Å². The molecule has 25 heavy (non-hydrogen) atoms. The van der Waals surface area contributed by atoms with Crippen LogP contribution in [0.2, 0.25) is 0 Å². The van der Waals surface area contributed by atoms with E-state index in [9.17, 15) is 0 Å². The summed E-state index contributed by atoms with van der Waals surface area (Å²) in [4.78, 5) is 12.9. The van der Waals surface area contributed by atoms with Crippen LogP contribution in [-0.2, 0) is 0 Å². The third kappa shape index (κ3) is 3.53. The number of nitrogens with two attached hydrogens (primary N) is 1. The highest BCUT2D eigenvalue weighted by Gasteiger charge is 2.42. The van der Waals surface area contributed by atoms with E-state index in [0.29, 0.717) is 11.5 Å². The molecule has 132 valence electrons. The third-order valence-corrected chi connectivity index (χ3v) is 6.80. The van der Waals surface area contributed by atoms with E-state index >= 15 is 0 Å². The Hall–Kier alpha value is -1.59. The first-order valence-corrected chi connectivity index (χ1v) is 10.0. The van der Waals surface area contributed by atoms with Gasteiger partial charge >= 0.3 is 0 Å². The molecule has 1 aromatic heterocycles. The molecule has 0 unspecified atom stereocenters. The highest BCUT2D eigenvalue weighted by molar-refractivity contribution is 7.99. The number of rotatable bonds is 3. The van der Waals surface area contributed by atoms with Crippen molar-refractivity contribution >= 4 is 17.6 Å². The zero-order chi connectivity index (χ0) is 17.3. The molecular weight excluding hydrogens is 328 g/mol. The monoisotopic (exact) mass is 354 g/mol. The summed E-state index contributed by atoms with van der Waals surface area (Å²) in [6, 6.07) is 8.88. The van der Waals surface area contributed by atoms with Crippen molar-refractivity contribution in [2.45, 2.75) is 55.0 Å². The van der Waals surface area contributed by atoms with Gasteiger partial charge in [0.2, 0.25) is 0 Å². The minimum absolute atomic E-state index is 0.394. The molecule has 5 heteroatoms. The lowest BCUT2D eigenvalue weighted by atomic mass is 9.74. The first-order valence-electron chi connectivity index (χ1n) is 9.22. The minimum atomic E-state index is 0.394. The molecule has 4 rings (SSSR count). The fourth-order valence-electron chi connectivity index (χ4n) is 4.29. The molecule has 1 saturated heterocycles. The lowest BCUT2D eigenvalue weighted by Crippen LogP contribution is -2.47. The Morgan fingerprint density at radius 2 is 2.00 bits per heavy atom. The fraction of sp³-hybridized carbons (Fsp3) is 0.500. The molecule has 2 aliphatic rings. The van der Waals surface area contributed by atoms with E-state index in [2.05, 4.69) is 46.1 Å². The van der Waals surface area contributed by atoms with Gasteiger partial charge in [0.05, 0.1) is 12.4 Å². The molecular formula is C20H26N4S. The summed E-state index contributed by atoms with van der Waals surface area (Å²) in [7, 11) is 0. The highest BCUT2D eigenvalue weighted by Crippen LogP contribution is 2.45. The molecule has 1 aliphatic carbocycles. The maximum atomic E-state index is 6.38. The van der Waals surface area contributed by atoms with Gasteiger partial charge < -0.3 is 10.6 Å². The number of hydrogen-bond donors (Lipinski definition) is 1. The van der Waals surface area contributed by atoms with Gasteiger partial charge in [-0.05, 0) is 50.2 Å². The number of aromatic nitrogens is 2. The molecule has 1 saturated carbocycles. The van der Waals surface area contributed by atoms with E-state index in [0.717, 1.165) is 23.9 Å². The number of piperidine rings is 1. The summed E-state index contributed by atoms with van der Waals surface area (Å²) in [5, 5.41) is 0.945. The quantitative estimate of drug-likeness (QED) is 0.902. The largest absolute Gasteiger partial charge is 0.355 e. The number of benzene rings is 1. The van der Waals surface area contributed by atoms with Crippen LogP contribution in [-0.4, -0.2) is 29.1 Å². The van der Waals surface area contributed by atoms with Crippen molar-refractivity contribution in [3.63, 3.8) is 0 Å². The number of anilines is 1. The smallest absolute Gasteiger partial charge is 0.147 e. The minimum Gasteiger partial charge on any atom is -0.355 e.